The van der Waals surface area contributed by atoms with Crippen LogP contribution in [-0.2, 0) is 21.1 Å². The summed E-state index contributed by atoms with van der Waals surface area (Å²) in [5.74, 6) is 0. The van der Waals surface area contributed by atoms with Crippen LogP contribution in [0, 0.1) is 0 Å². The molecule has 35 heavy (non-hydrogen) atoms. The Morgan fingerprint density at radius 2 is 1.54 bits per heavy atom. The highest BCUT2D eigenvalue weighted by molar-refractivity contribution is 8.26. The van der Waals surface area contributed by atoms with E-state index in [2.05, 4.69) is 0 Å². The van der Waals surface area contributed by atoms with Gasteiger partial charge in [-0.15, -0.1) is 11.8 Å². The van der Waals surface area contributed by atoms with Gasteiger partial charge in [0.2, 0.25) is 11.2 Å². The molecule has 0 spiro atoms. The molecule has 0 N–H and O–H groups in total. The topological polar surface area (TPSA) is 38.8 Å². The number of halogens is 6. The number of amides is 1. The summed E-state index contributed by atoms with van der Waals surface area (Å²) in [5, 5.41) is -0.518. The van der Waals surface area contributed by atoms with E-state index in [9.17, 15) is 31.1 Å². The zero-order chi connectivity index (χ0) is 26.8. The normalized spacial score (nSPS) is 17.5. The number of hydrogen-bond donors (Lipinski definition) is 0. The van der Waals surface area contributed by atoms with Crippen LogP contribution in [0.3, 0.4) is 0 Å². The van der Waals surface area contributed by atoms with Gasteiger partial charge in [-0.05, 0) is 69.8 Å². The zero-order valence-electron chi connectivity index (χ0n) is 19.4. The smallest absolute Gasteiger partial charge is 0.426 e. The molecule has 0 aliphatic carbocycles. The van der Waals surface area contributed by atoms with Crippen LogP contribution < -0.4 is 0 Å². The second-order valence-electron chi connectivity index (χ2n) is 9.02. The molecule has 0 aromatic heterocycles. The number of alkyl halides is 6. The molecule has 1 aromatic rings. The molecule has 1 unspecified atom stereocenters. The first-order chi connectivity index (χ1) is 15.9. The van der Waals surface area contributed by atoms with Gasteiger partial charge < -0.3 is 14.4 Å². The summed E-state index contributed by atoms with van der Waals surface area (Å²) in [6.45, 7) is 4.70. The van der Waals surface area contributed by atoms with E-state index in [-0.39, 0.29) is 35.7 Å². The van der Waals surface area contributed by atoms with Crippen molar-refractivity contribution in [3.63, 3.8) is 0 Å². The molecule has 2 rings (SSSR count). The Labute approximate surface area is 214 Å². The van der Waals surface area contributed by atoms with Crippen molar-refractivity contribution in [2.24, 2.45) is 0 Å². The number of piperidine rings is 1. The van der Waals surface area contributed by atoms with E-state index in [0.717, 1.165) is 36.0 Å². The Hall–Kier alpha value is -1.60. The first-order valence-electron chi connectivity index (χ1n) is 10.4. The summed E-state index contributed by atoms with van der Waals surface area (Å²) >= 11 is 10.9. The van der Waals surface area contributed by atoms with E-state index >= 15 is 0 Å². The Bertz CT molecular complexity index is 934. The maximum Gasteiger partial charge on any atom is 0.426 e. The standard InChI is InChI=1S/C22H25F6NO3S3/c1-19(2,3)32-18(30)29-11-9-20(10-12-29,13-5-7-14(8-6-13)21(23,24)25)17(22(26,27)28)31-15(33)16(34)35-4/h5-8,17H,9-12H2,1-4H3. The van der Waals surface area contributed by atoms with Crippen LogP contribution in [0.1, 0.15) is 44.7 Å². The van der Waals surface area contributed by atoms with E-state index in [1.54, 1.807) is 20.8 Å². The minimum atomic E-state index is -4.94. The van der Waals surface area contributed by atoms with E-state index in [4.69, 9.17) is 33.9 Å². The van der Waals surface area contributed by atoms with Crippen molar-refractivity contribution in [3.8, 4) is 0 Å². The van der Waals surface area contributed by atoms with Gasteiger partial charge in [-0.3, -0.25) is 0 Å². The Balaban J connectivity index is 2.51. The number of benzene rings is 1. The molecule has 1 aromatic carbocycles. The van der Waals surface area contributed by atoms with Crippen LogP contribution in [0.4, 0.5) is 31.1 Å². The lowest BCUT2D eigenvalue weighted by Crippen LogP contribution is -2.57. The molecule has 1 aliphatic heterocycles. The molecule has 1 amide bonds. The number of carbonyl (C=O) groups excluding carboxylic acids is 1. The van der Waals surface area contributed by atoms with Crippen LogP contribution in [-0.4, -0.2) is 57.5 Å². The highest BCUT2D eigenvalue weighted by atomic mass is 32.2. The second-order valence-corrected chi connectivity index (χ2v) is 10.9. The average Bonchev–Trinajstić information content (AvgIpc) is 2.74. The molecule has 0 saturated carbocycles. The zero-order valence-corrected chi connectivity index (χ0v) is 21.8. The van der Waals surface area contributed by atoms with Crippen molar-refractivity contribution in [3.05, 3.63) is 35.4 Å². The molecule has 0 bridgehead atoms. The van der Waals surface area contributed by atoms with Crippen LogP contribution in [0.25, 0.3) is 0 Å². The van der Waals surface area contributed by atoms with Gasteiger partial charge >= 0.3 is 18.4 Å². The van der Waals surface area contributed by atoms with E-state index in [1.165, 1.54) is 11.2 Å². The van der Waals surface area contributed by atoms with Crippen molar-refractivity contribution in [2.45, 2.75) is 63.1 Å². The quantitative estimate of drug-likeness (QED) is 0.294. The molecular weight excluding hydrogens is 536 g/mol. The number of thioether (sulfide) groups is 1. The number of thiocarbonyl (C=S) groups is 2. The molecule has 1 atom stereocenters. The van der Waals surface area contributed by atoms with E-state index in [0.29, 0.717) is 0 Å². The van der Waals surface area contributed by atoms with Crippen LogP contribution >= 0.6 is 36.2 Å². The summed E-state index contributed by atoms with van der Waals surface area (Å²) in [6, 6.07) is 3.50. The summed E-state index contributed by atoms with van der Waals surface area (Å²) in [4.78, 5) is 13.7. The van der Waals surface area contributed by atoms with Crippen LogP contribution in [0.5, 0.6) is 0 Å². The van der Waals surface area contributed by atoms with Crippen molar-refractivity contribution in [2.75, 3.05) is 19.3 Å². The second kappa shape index (κ2) is 10.8. The van der Waals surface area contributed by atoms with Crippen molar-refractivity contribution >= 4 is 51.5 Å². The third kappa shape index (κ3) is 7.45. The van der Waals surface area contributed by atoms with Gasteiger partial charge in [0.05, 0.1) is 5.56 Å². The Morgan fingerprint density at radius 3 is 1.94 bits per heavy atom. The summed E-state index contributed by atoms with van der Waals surface area (Å²) in [6.07, 6.45) is -11.8. The fraction of sp³-hybridized carbons (Fsp3) is 0.591. The molecule has 4 nitrogen and oxygen atoms in total. The van der Waals surface area contributed by atoms with Gasteiger partial charge in [0, 0.05) is 18.5 Å². The first kappa shape index (κ1) is 29.6. The largest absolute Gasteiger partial charge is 0.468 e. The molecule has 1 saturated heterocycles. The van der Waals surface area contributed by atoms with E-state index < -0.39 is 46.2 Å². The monoisotopic (exact) mass is 561 g/mol. The first-order valence-corrected chi connectivity index (χ1v) is 12.5. The van der Waals surface area contributed by atoms with Gasteiger partial charge in [-0.2, -0.15) is 26.3 Å². The maximum atomic E-state index is 14.4. The Kier molecular flexibility index (Phi) is 9.14. The average molecular weight is 562 g/mol. The molecule has 13 heteroatoms. The van der Waals surface area contributed by atoms with Gasteiger partial charge in [0.25, 0.3) is 0 Å². The summed E-state index contributed by atoms with van der Waals surface area (Å²) < 4.78 is 92.9. The predicted molar refractivity (Wildman–Crippen MR) is 130 cm³/mol. The third-order valence-corrected chi connectivity index (χ3v) is 7.27. The highest BCUT2D eigenvalue weighted by Gasteiger charge is 2.58. The summed E-state index contributed by atoms with van der Waals surface area (Å²) in [7, 11) is 0. The lowest BCUT2D eigenvalue weighted by molar-refractivity contribution is -0.223. The van der Waals surface area contributed by atoms with Crippen molar-refractivity contribution in [1.29, 1.82) is 0 Å². The lowest BCUT2D eigenvalue weighted by Gasteiger charge is -2.46. The van der Waals surface area contributed by atoms with Crippen molar-refractivity contribution in [1.82, 2.24) is 4.90 Å². The van der Waals surface area contributed by atoms with E-state index in [1.807, 2.05) is 0 Å². The molecule has 0 radical (unpaired) electrons. The minimum Gasteiger partial charge on any atom is -0.468 e. The Morgan fingerprint density at radius 1 is 1.03 bits per heavy atom. The molecular formula is C22H25F6NO3S3. The molecule has 1 fully saturated rings. The molecule has 196 valence electrons. The fourth-order valence-electron chi connectivity index (χ4n) is 3.84. The van der Waals surface area contributed by atoms with Gasteiger partial charge in [0.15, 0.2) is 0 Å². The maximum absolute atomic E-state index is 14.4. The third-order valence-electron chi connectivity index (χ3n) is 5.47. The highest BCUT2D eigenvalue weighted by Crippen LogP contribution is 2.47. The van der Waals surface area contributed by atoms with Gasteiger partial charge in [-0.1, -0.05) is 24.4 Å². The number of rotatable bonds is 3. The fourth-order valence-corrected chi connectivity index (χ4v) is 4.45. The van der Waals surface area contributed by atoms with Gasteiger partial charge in [-0.25, -0.2) is 4.79 Å². The molecule has 1 aliphatic rings. The van der Waals surface area contributed by atoms with Crippen LogP contribution in [0.2, 0.25) is 0 Å². The lowest BCUT2D eigenvalue weighted by atomic mass is 9.68. The predicted octanol–water partition coefficient (Wildman–Crippen LogP) is 6.94. The van der Waals surface area contributed by atoms with Gasteiger partial charge in [0.1, 0.15) is 9.80 Å². The van der Waals surface area contributed by atoms with Crippen molar-refractivity contribution < 1.29 is 40.6 Å². The number of hydrogen-bond acceptors (Lipinski definition) is 6. The number of ether oxygens (including phenoxy) is 2. The SMILES string of the molecule is CSC(=S)C(=S)OC(C(F)(F)F)C1(c2ccc(C(F)(F)F)cc2)CCN(C(=O)OC(C)(C)C)CC1. The number of carbonyl (C=O) groups is 1. The number of nitrogens with zero attached hydrogens (tertiary/aromatic N) is 1. The molecule has 1 heterocycles. The minimum absolute atomic E-state index is 0.00506. The number of likely N-dealkylation sites (tertiary alicyclic amines) is 1. The van der Waals surface area contributed by atoms with Crippen LogP contribution in [0.15, 0.2) is 24.3 Å². The summed E-state index contributed by atoms with van der Waals surface area (Å²) in [5.41, 5.74) is -3.63.